The molecule has 3 N–H and O–H groups in total. The molecule has 0 heterocycles. The molecule has 0 amide bonds. The topological polar surface area (TPSA) is 85.9 Å². The summed E-state index contributed by atoms with van der Waals surface area (Å²) in [6.45, 7) is 0. The first-order valence-electron chi connectivity index (χ1n) is 6.08. The molecular formula is C13H15N3O3S. The Kier molecular flexibility index (Phi) is 4.52. The van der Waals surface area contributed by atoms with Crippen LogP contribution in [0.25, 0.3) is 0 Å². The van der Waals surface area contributed by atoms with Crippen molar-refractivity contribution in [1.82, 2.24) is 5.43 Å². The second-order valence-corrected chi connectivity index (χ2v) is 4.78. The van der Waals surface area contributed by atoms with Crippen molar-refractivity contribution in [1.29, 1.82) is 0 Å². The summed E-state index contributed by atoms with van der Waals surface area (Å²) in [6, 6.07) is 5.13. The summed E-state index contributed by atoms with van der Waals surface area (Å²) >= 11 is 4.63. The van der Waals surface area contributed by atoms with Gasteiger partial charge < -0.3 is 15.2 Å². The predicted octanol–water partition coefficient (Wildman–Crippen LogP) is 1.18. The first-order chi connectivity index (χ1) is 9.60. The van der Waals surface area contributed by atoms with Gasteiger partial charge in [-0.1, -0.05) is 0 Å². The van der Waals surface area contributed by atoms with Gasteiger partial charge in [0.2, 0.25) is 0 Å². The van der Waals surface area contributed by atoms with Crippen molar-refractivity contribution in [3.05, 3.63) is 23.8 Å². The molecule has 2 rings (SSSR count). The molecule has 20 heavy (non-hydrogen) atoms. The molecule has 1 saturated carbocycles. The van der Waals surface area contributed by atoms with Crippen LogP contribution in [0.15, 0.2) is 23.3 Å². The van der Waals surface area contributed by atoms with Crippen LogP contribution in [0.1, 0.15) is 18.4 Å². The number of rotatable bonds is 5. The number of thiocarbonyl (C=S) groups is 1. The van der Waals surface area contributed by atoms with Crippen LogP contribution in [0.5, 0.6) is 11.5 Å². The predicted molar refractivity (Wildman–Crippen MR) is 78.9 cm³/mol. The Balaban J connectivity index is 2.08. The SMILES string of the molecule is COc1cc(C=NNC(N)=S)ccc1OC(=O)C1CC1. The third-order valence-electron chi connectivity index (χ3n) is 2.70. The van der Waals surface area contributed by atoms with E-state index < -0.39 is 0 Å². The Morgan fingerprint density at radius 3 is 2.85 bits per heavy atom. The lowest BCUT2D eigenvalue weighted by Gasteiger charge is -2.09. The first kappa shape index (κ1) is 14.3. The van der Waals surface area contributed by atoms with Crippen molar-refractivity contribution < 1.29 is 14.3 Å². The van der Waals surface area contributed by atoms with Gasteiger partial charge in [-0.15, -0.1) is 0 Å². The number of methoxy groups -OCH3 is 1. The lowest BCUT2D eigenvalue weighted by Crippen LogP contribution is -2.23. The number of benzene rings is 1. The van der Waals surface area contributed by atoms with Crippen molar-refractivity contribution in [3.63, 3.8) is 0 Å². The van der Waals surface area contributed by atoms with E-state index in [2.05, 4.69) is 22.7 Å². The lowest BCUT2D eigenvalue weighted by atomic mass is 10.2. The van der Waals surface area contributed by atoms with Gasteiger partial charge in [-0.05, 0) is 48.8 Å². The molecule has 1 aliphatic carbocycles. The number of esters is 1. The third kappa shape index (κ3) is 3.92. The molecule has 7 heteroatoms. The second-order valence-electron chi connectivity index (χ2n) is 4.34. The van der Waals surface area contributed by atoms with Crippen LogP contribution in [0, 0.1) is 5.92 Å². The van der Waals surface area contributed by atoms with Crippen LogP contribution >= 0.6 is 12.2 Å². The molecule has 0 aromatic heterocycles. The molecule has 1 aliphatic rings. The molecule has 1 fully saturated rings. The van der Waals surface area contributed by atoms with Crippen LogP contribution in [0.4, 0.5) is 0 Å². The van der Waals surface area contributed by atoms with E-state index in [-0.39, 0.29) is 17.0 Å². The maximum absolute atomic E-state index is 11.6. The highest BCUT2D eigenvalue weighted by molar-refractivity contribution is 7.80. The van der Waals surface area contributed by atoms with Crippen molar-refractivity contribution in [2.75, 3.05) is 7.11 Å². The Labute approximate surface area is 121 Å². The normalized spacial score (nSPS) is 14.1. The van der Waals surface area contributed by atoms with E-state index >= 15 is 0 Å². The Hall–Kier alpha value is -2.15. The number of hydrogen-bond donors (Lipinski definition) is 2. The number of carbonyl (C=O) groups excluding carboxylic acids is 1. The zero-order valence-corrected chi connectivity index (χ0v) is 11.8. The van der Waals surface area contributed by atoms with Gasteiger partial charge in [0.1, 0.15) is 0 Å². The summed E-state index contributed by atoms with van der Waals surface area (Å²) in [4.78, 5) is 11.6. The van der Waals surface area contributed by atoms with E-state index in [4.69, 9.17) is 15.2 Å². The van der Waals surface area contributed by atoms with E-state index in [0.717, 1.165) is 18.4 Å². The third-order valence-corrected chi connectivity index (χ3v) is 2.79. The standard InChI is InChI=1S/C13H15N3O3S/c1-18-11-6-8(7-15-16-13(14)20)2-5-10(11)19-12(17)9-3-4-9/h2,5-7,9H,3-4H2,1H3,(H3,14,16,20). The van der Waals surface area contributed by atoms with E-state index in [1.165, 1.54) is 13.3 Å². The summed E-state index contributed by atoms with van der Waals surface area (Å²) in [5, 5.41) is 3.93. The molecule has 0 radical (unpaired) electrons. The van der Waals surface area contributed by atoms with Gasteiger partial charge in [0.15, 0.2) is 16.6 Å². The van der Waals surface area contributed by atoms with Crippen molar-refractivity contribution >= 4 is 29.5 Å². The van der Waals surface area contributed by atoms with Gasteiger partial charge in [0.05, 0.1) is 19.2 Å². The zero-order chi connectivity index (χ0) is 14.5. The maximum atomic E-state index is 11.6. The van der Waals surface area contributed by atoms with Crippen LogP contribution < -0.4 is 20.6 Å². The van der Waals surface area contributed by atoms with Gasteiger partial charge in [0, 0.05) is 0 Å². The van der Waals surface area contributed by atoms with E-state index in [1.54, 1.807) is 18.2 Å². The second kappa shape index (κ2) is 6.33. The molecule has 0 atom stereocenters. The molecule has 0 spiro atoms. The van der Waals surface area contributed by atoms with Crippen molar-refractivity contribution in [3.8, 4) is 11.5 Å². The fourth-order valence-corrected chi connectivity index (χ4v) is 1.58. The molecule has 0 bridgehead atoms. The molecule has 0 aliphatic heterocycles. The van der Waals surface area contributed by atoms with Crippen LogP contribution in [0.3, 0.4) is 0 Å². The van der Waals surface area contributed by atoms with Crippen molar-refractivity contribution in [2.24, 2.45) is 16.8 Å². The molecule has 0 saturated heterocycles. The van der Waals surface area contributed by atoms with Gasteiger partial charge in [-0.3, -0.25) is 10.2 Å². The Morgan fingerprint density at radius 1 is 1.50 bits per heavy atom. The van der Waals surface area contributed by atoms with Crippen LogP contribution in [0.2, 0.25) is 0 Å². The van der Waals surface area contributed by atoms with Gasteiger partial charge in [-0.2, -0.15) is 5.10 Å². The molecule has 0 unspecified atom stereocenters. The maximum Gasteiger partial charge on any atom is 0.314 e. The summed E-state index contributed by atoms with van der Waals surface area (Å²) in [6.07, 6.45) is 3.33. The highest BCUT2D eigenvalue weighted by Gasteiger charge is 2.32. The van der Waals surface area contributed by atoms with E-state index in [9.17, 15) is 4.79 Å². The van der Waals surface area contributed by atoms with Crippen LogP contribution in [-0.2, 0) is 4.79 Å². The fraction of sp³-hybridized carbons (Fsp3) is 0.308. The van der Waals surface area contributed by atoms with Gasteiger partial charge >= 0.3 is 5.97 Å². The fourth-order valence-electron chi connectivity index (χ4n) is 1.53. The van der Waals surface area contributed by atoms with E-state index in [1.807, 2.05) is 0 Å². The Morgan fingerprint density at radius 2 is 2.25 bits per heavy atom. The quantitative estimate of drug-likeness (QED) is 0.279. The van der Waals surface area contributed by atoms with Crippen LogP contribution in [-0.4, -0.2) is 24.4 Å². The summed E-state index contributed by atoms with van der Waals surface area (Å²) in [7, 11) is 1.51. The molecule has 6 nitrogen and oxygen atoms in total. The molecule has 1 aromatic rings. The minimum absolute atomic E-state index is 0.0377. The van der Waals surface area contributed by atoms with Gasteiger partial charge in [-0.25, -0.2) is 0 Å². The average molecular weight is 293 g/mol. The monoisotopic (exact) mass is 293 g/mol. The highest BCUT2D eigenvalue weighted by atomic mass is 32.1. The highest BCUT2D eigenvalue weighted by Crippen LogP contribution is 2.33. The summed E-state index contributed by atoms with van der Waals surface area (Å²) < 4.78 is 10.5. The molecular weight excluding hydrogens is 278 g/mol. The van der Waals surface area contributed by atoms with Crippen molar-refractivity contribution in [2.45, 2.75) is 12.8 Å². The largest absolute Gasteiger partial charge is 0.493 e. The minimum atomic E-state index is -0.208. The minimum Gasteiger partial charge on any atom is -0.493 e. The van der Waals surface area contributed by atoms with E-state index in [0.29, 0.717) is 11.5 Å². The first-order valence-corrected chi connectivity index (χ1v) is 6.49. The summed E-state index contributed by atoms with van der Waals surface area (Å²) in [5.74, 6) is 0.706. The summed E-state index contributed by atoms with van der Waals surface area (Å²) in [5.41, 5.74) is 8.47. The number of nitrogens with one attached hydrogen (secondary N) is 1. The number of hydrogen-bond acceptors (Lipinski definition) is 5. The number of nitrogens with zero attached hydrogens (tertiary/aromatic N) is 1. The number of hydrazone groups is 1. The number of carbonyl (C=O) groups is 1. The lowest BCUT2D eigenvalue weighted by molar-refractivity contribution is -0.135. The Bertz CT molecular complexity index is 556. The average Bonchev–Trinajstić information content (AvgIpc) is 3.24. The molecule has 106 valence electrons. The smallest absolute Gasteiger partial charge is 0.314 e. The zero-order valence-electron chi connectivity index (χ0n) is 11.0. The number of ether oxygens (including phenoxy) is 2. The molecule has 1 aromatic carbocycles. The number of nitrogens with two attached hydrogens (primary N) is 1. The van der Waals surface area contributed by atoms with Gasteiger partial charge in [0.25, 0.3) is 0 Å².